The van der Waals surface area contributed by atoms with Crippen molar-refractivity contribution in [2.45, 2.75) is 38.4 Å². The number of nitrogens with zero attached hydrogens (tertiary/aromatic N) is 4. The number of para-hydroxylation sites is 1. The molecule has 2 aromatic carbocycles. The van der Waals surface area contributed by atoms with Gasteiger partial charge in [0, 0.05) is 37.9 Å². The molecule has 0 saturated carbocycles. The summed E-state index contributed by atoms with van der Waals surface area (Å²) in [6.45, 7) is 1.43. The summed E-state index contributed by atoms with van der Waals surface area (Å²) in [5.41, 5.74) is 5.12. The number of aromatic nitrogens is 3. The van der Waals surface area contributed by atoms with Crippen molar-refractivity contribution >= 4 is 27.5 Å². The monoisotopic (exact) mass is 445 g/mol. The van der Waals surface area contributed by atoms with Crippen molar-refractivity contribution < 1.29 is 4.79 Å². The van der Waals surface area contributed by atoms with Gasteiger partial charge in [-0.25, -0.2) is 4.98 Å². The normalized spacial score (nSPS) is 15.6. The maximum absolute atomic E-state index is 12.9. The fraction of sp³-hybridized carbons (Fsp3) is 0.320. The van der Waals surface area contributed by atoms with Gasteiger partial charge in [-0.1, -0.05) is 42.5 Å². The minimum Gasteiger partial charge on any atom is -0.343 e. The Kier molecular flexibility index (Phi) is 5.76. The number of hydrogen-bond donors (Lipinski definition) is 1. The van der Waals surface area contributed by atoms with E-state index >= 15 is 0 Å². The number of carbonyl (C=O) groups is 1. The second-order valence-corrected chi connectivity index (χ2v) is 9.63. The van der Waals surface area contributed by atoms with Crippen LogP contribution >= 0.6 is 11.3 Å². The minimum absolute atomic E-state index is 0.0279. The summed E-state index contributed by atoms with van der Waals surface area (Å²) in [6.07, 6.45) is 2.74. The Hall–Kier alpha value is -3.03. The van der Waals surface area contributed by atoms with Crippen LogP contribution in [0.4, 0.5) is 0 Å². The van der Waals surface area contributed by atoms with Crippen LogP contribution in [-0.2, 0) is 25.9 Å². The standard InChI is InChI=1S/C25H27N5OS/c1-29(2)25(31)24-19-14-18(26-15-23-27-20-10-6-7-11-22(20)32-23)12-13-21(19)30(28-24)16-17-8-4-3-5-9-17/h3-11,18,26H,12-16H2,1-2H3. The number of amides is 1. The molecule has 2 heterocycles. The maximum atomic E-state index is 12.9. The molecule has 1 amide bonds. The van der Waals surface area contributed by atoms with Crippen molar-refractivity contribution in [2.75, 3.05) is 14.1 Å². The first kappa shape index (κ1) is 20.8. The average Bonchev–Trinajstić information content (AvgIpc) is 3.39. The lowest BCUT2D eigenvalue weighted by Crippen LogP contribution is -2.35. The van der Waals surface area contributed by atoms with E-state index in [1.807, 2.05) is 28.9 Å². The molecule has 1 N–H and O–H groups in total. The number of carbonyl (C=O) groups excluding carboxylic acids is 1. The molecular formula is C25H27N5OS. The third kappa shape index (κ3) is 4.18. The molecule has 4 aromatic rings. The highest BCUT2D eigenvalue weighted by atomic mass is 32.1. The second kappa shape index (κ2) is 8.84. The molecular weight excluding hydrogens is 418 g/mol. The van der Waals surface area contributed by atoms with Gasteiger partial charge in [0.1, 0.15) is 5.01 Å². The van der Waals surface area contributed by atoms with Crippen LogP contribution in [0.5, 0.6) is 0 Å². The van der Waals surface area contributed by atoms with Crippen molar-refractivity contribution in [1.82, 2.24) is 25.0 Å². The predicted molar refractivity (Wildman–Crippen MR) is 128 cm³/mol. The summed E-state index contributed by atoms with van der Waals surface area (Å²) in [7, 11) is 3.58. The molecule has 0 spiro atoms. The SMILES string of the molecule is CN(C)C(=O)c1nn(Cc2ccccc2)c2c1CC(NCc1nc3ccccc3s1)CC2. The van der Waals surface area contributed by atoms with Crippen LogP contribution in [0.25, 0.3) is 10.2 Å². The molecule has 32 heavy (non-hydrogen) atoms. The first-order valence-corrected chi connectivity index (χ1v) is 11.8. The number of rotatable bonds is 6. The maximum Gasteiger partial charge on any atom is 0.274 e. The van der Waals surface area contributed by atoms with Crippen molar-refractivity contribution in [1.29, 1.82) is 0 Å². The molecule has 1 aliphatic rings. The number of nitrogens with one attached hydrogen (secondary N) is 1. The highest BCUT2D eigenvalue weighted by Gasteiger charge is 2.29. The van der Waals surface area contributed by atoms with Crippen LogP contribution in [0.3, 0.4) is 0 Å². The Labute approximate surface area is 191 Å². The number of benzene rings is 2. The van der Waals surface area contributed by atoms with E-state index in [1.165, 1.54) is 16.0 Å². The van der Waals surface area contributed by atoms with E-state index in [1.54, 1.807) is 30.3 Å². The van der Waals surface area contributed by atoms with Gasteiger partial charge in [0.15, 0.2) is 5.69 Å². The summed E-state index contributed by atoms with van der Waals surface area (Å²) >= 11 is 1.74. The summed E-state index contributed by atoms with van der Waals surface area (Å²) < 4.78 is 3.25. The zero-order valence-corrected chi connectivity index (χ0v) is 19.2. The van der Waals surface area contributed by atoms with Crippen LogP contribution in [0.2, 0.25) is 0 Å². The van der Waals surface area contributed by atoms with Gasteiger partial charge in [-0.3, -0.25) is 9.48 Å². The first-order chi connectivity index (χ1) is 15.6. The van der Waals surface area contributed by atoms with Gasteiger partial charge in [-0.05, 0) is 37.0 Å². The van der Waals surface area contributed by atoms with E-state index in [0.717, 1.165) is 41.9 Å². The van der Waals surface area contributed by atoms with Gasteiger partial charge >= 0.3 is 0 Å². The van der Waals surface area contributed by atoms with E-state index in [-0.39, 0.29) is 5.91 Å². The van der Waals surface area contributed by atoms with E-state index in [9.17, 15) is 4.79 Å². The average molecular weight is 446 g/mol. The van der Waals surface area contributed by atoms with Gasteiger partial charge < -0.3 is 10.2 Å². The molecule has 1 aliphatic carbocycles. The Bertz CT molecular complexity index is 1210. The summed E-state index contributed by atoms with van der Waals surface area (Å²) in [5, 5.41) is 9.56. The Balaban J connectivity index is 1.36. The fourth-order valence-corrected chi connectivity index (χ4v) is 5.28. The van der Waals surface area contributed by atoms with Crippen LogP contribution in [-0.4, -0.2) is 45.7 Å². The molecule has 0 saturated heterocycles. The molecule has 2 aromatic heterocycles. The molecule has 6 nitrogen and oxygen atoms in total. The zero-order valence-electron chi connectivity index (χ0n) is 18.4. The summed E-state index contributed by atoms with van der Waals surface area (Å²) in [5.74, 6) is -0.0279. The Morgan fingerprint density at radius 2 is 1.94 bits per heavy atom. The highest BCUT2D eigenvalue weighted by Crippen LogP contribution is 2.27. The first-order valence-electron chi connectivity index (χ1n) is 11.0. The van der Waals surface area contributed by atoms with Crippen LogP contribution in [0, 0.1) is 0 Å². The lowest BCUT2D eigenvalue weighted by atomic mass is 9.91. The van der Waals surface area contributed by atoms with Crippen molar-refractivity contribution in [2.24, 2.45) is 0 Å². The molecule has 0 radical (unpaired) electrons. The van der Waals surface area contributed by atoms with Crippen LogP contribution in [0.1, 0.15) is 38.7 Å². The predicted octanol–water partition coefficient (Wildman–Crippen LogP) is 3.89. The lowest BCUT2D eigenvalue weighted by molar-refractivity contribution is 0.0820. The van der Waals surface area contributed by atoms with E-state index in [0.29, 0.717) is 18.3 Å². The minimum atomic E-state index is -0.0279. The Morgan fingerprint density at radius 3 is 2.72 bits per heavy atom. The lowest BCUT2D eigenvalue weighted by Gasteiger charge is -2.24. The van der Waals surface area contributed by atoms with Gasteiger partial charge in [-0.15, -0.1) is 11.3 Å². The molecule has 5 rings (SSSR count). The van der Waals surface area contributed by atoms with Crippen molar-refractivity contribution in [3.8, 4) is 0 Å². The highest BCUT2D eigenvalue weighted by molar-refractivity contribution is 7.18. The van der Waals surface area contributed by atoms with Crippen LogP contribution < -0.4 is 5.32 Å². The third-order valence-corrected chi connectivity index (χ3v) is 7.05. The fourth-order valence-electron chi connectivity index (χ4n) is 4.36. The number of hydrogen-bond acceptors (Lipinski definition) is 5. The molecule has 0 aliphatic heterocycles. The van der Waals surface area contributed by atoms with Gasteiger partial charge in [0.2, 0.25) is 0 Å². The summed E-state index contributed by atoms with van der Waals surface area (Å²) in [4.78, 5) is 19.2. The van der Waals surface area contributed by atoms with E-state index in [2.05, 4.69) is 35.6 Å². The van der Waals surface area contributed by atoms with E-state index < -0.39 is 0 Å². The van der Waals surface area contributed by atoms with E-state index in [4.69, 9.17) is 10.1 Å². The molecule has 7 heteroatoms. The van der Waals surface area contributed by atoms with Gasteiger partial charge in [0.05, 0.1) is 16.8 Å². The molecule has 0 fully saturated rings. The summed E-state index contributed by atoms with van der Waals surface area (Å²) in [6, 6.07) is 18.9. The quantitative estimate of drug-likeness (QED) is 0.489. The van der Waals surface area contributed by atoms with Crippen LogP contribution in [0.15, 0.2) is 54.6 Å². The largest absolute Gasteiger partial charge is 0.343 e. The van der Waals surface area contributed by atoms with Crippen molar-refractivity contribution in [3.05, 3.63) is 82.1 Å². The number of thiazole rings is 1. The smallest absolute Gasteiger partial charge is 0.274 e. The van der Waals surface area contributed by atoms with Crippen molar-refractivity contribution in [3.63, 3.8) is 0 Å². The number of fused-ring (bicyclic) bond motifs is 2. The zero-order chi connectivity index (χ0) is 22.1. The molecule has 0 bridgehead atoms. The van der Waals surface area contributed by atoms with Gasteiger partial charge in [-0.2, -0.15) is 5.10 Å². The molecule has 1 unspecified atom stereocenters. The Morgan fingerprint density at radius 1 is 1.16 bits per heavy atom. The molecule has 164 valence electrons. The van der Waals surface area contributed by atoms with Gasteiger partial charge in [0.25, 0.3) is 5.91 Å². The second-order valence-electron chi connectivity index (χ2n) is 8.51. The molecule has 1 atom stereocenters. The topological polar surface area (TPSA) is 63.1 Å². The third-order valence-electron chi connectivity index (χ3n) is 6.01.